The van der Waals surface area contributed by atoms with Crippen LogP contribution in [0.4, 0.5) is 5.82 Å². The molecule has 0 bridgehead atoms. The Bertz CT molecular complexity index is 1150. The molecular weight excluding hydrogens is 570 g/mol. The summed E-state index contributed by atoms with van der Waals surface area (Å²) >= 11 is 0. The summed E-state index contributed by atoms with van der Waals surface area (Å²) in [6.07, 6.45) is 6.22. The second-order valence-corrected chi connectivity index (χ2v) is 12.1. The molecule has 14 heteroatoms. The largest absolute Gasteiger partial charge is 0.394 e. The van der Waals surface area contributed by atoms with Crippen molar-refractivity contribution in [1.82, 2.24) is 30.6 Å². The Morgan fingerprint density at radius 2 is 1.68 bits per heavy atom. The van der Waals surface area contributed by atoms with Gasteiger partial charge in [0.2, 0.25) is 11.8 Å². The standard InChI is InChI=1S/C30H51N7O7/c1-4-5-6-7-8-9-10-11-12-13-21(40)35-19(14-18(2)3)29(43)36-22-24(41)25(42)30(44-26(22)20(39)15-38)37-28-23-27(32-16-31-23)33-17-34-28/h16-20,22,24-26,30,38-39,41-42H,4-15H2,1-3H3,(H,35,40)(H,36,43)(H2,31,32,33,34,37)/t19-,20-,22+,24+,25+,26-,30-/m0/s1. The lowest BCUT2D eigenvalue weighted by Crippen LogP contribution is -2.69. The van der Waals surface area contributed by atoms with E-state index in [-0.39, 0.29) is 17.6 Å². The number of imidazole rings is 1. The predicted molar refractivity (Wildman–Crippen MR) is 164 cm³/mol. The van der Waals surface area contributed by atoms with Gasteiger partial charge in [0, 0.05) is 6.42 Å². The smallest absolute Gasteiger partial charge is 0.242 e. The zero-order valence-electron chi connectivity index (χ0n) is 26.1. The van der Waals surface area contributed by atoms with Gasteiger partial charge in [0.1, 0.15) is 42.3 Å². The molecule has 248 valence electrons. The van der Waals surface area contributed by atoms with Crippen molar-refractivity contribution >= 4 is 28.8 Å². The minimum absolute atomic E-state index is 0.0662. The molecule has 1 saturated heterocycles. The molecule has 7 atom stereocenters. The Morgan fingerprint density at radius 1 is 1.00 bits per heavy atom. The van der Waals surface area contributed by atoms with Crippen LogP contribution in [-0.2, 0) is 14.3 Å². The van der Waals surface area contributed by atoms with Gasteiger partial charge in [-0.05, 0) is 18.8 Å². The number of anilines is 1. The number of hydrogen-bond acceptors (Lipinski definition) is 11. The summed E-state index contributed by atoms with van der Waals surface area (Å²) in [4.78, 5) is 41.3. The number of ether oxygens (including phenoxy) is 1. The van der Waals surface area contributed by atoms with E-state index in [1.807, 2.05) is 13.8 Å². The van der Waals surface area contributed by atoms with Gasteiger partial charge in [0.15, 0.2) is 17.7 Å². The number of amides is 2. The first kappa shape index (κ1) is 35.6. The summed E-state index contributed by atoms with van der Waals surface area (Å²) in [5, 5.41) is 50.7. The summed E-state index contributed by atoms with van der Waals surface area (Å²) in [5.41, 5.74) is 0.795. The maximum atomic E-state index is 13.4. The molecule has 44 heavy (non-hydrogen) atoms. The Morgan fingerprint density at radius 3 is 2.34 bits per heavy atom. The summed E-state index contributed by atoms with van der Waals surface area (Å²) in [6.45, 7) is 5.32. The molecule has 2 aromatic rings. The molecule has 0 unspecified atom stereocenters. The number of carbonyl (C=O) groups excluding carboxylic acids is 2. The van der Waals surface area contributed by atoms with Crippen LogP contribution in [0.2, 0.25) is 0 Å². The van der Waals surface area contributed by atoms with Gasteiger partial charge in [-0.3, -0.25) is 9.59 Å². The Hall–Kier alpha value is -2.91. The Balaban J connectivity index is 1.59. The monoisotopic (exact) mass is 621 g/mol. The highest BCUT2D eigenvalue weighted by Gasteiger charge is 2.48. The summed E-state index contributed by atoms with van der Waals surface area (Å²) in [6, 6.07) is -2.19. The average Bonchev–Trinajstić information content (AvgIpc) is 3.49. The molecule has 0 aliphatic carbocycles. The number of nitrogens with zero attached hydrogens (tertiary/aromatic N) is 3. The molecule has 2 aromatic heterocycles. The van der Waals surface area contributed by atoms with Gasteiger partial charge in [-0.1, -0.05) is 72.1 Å². The molecule has 3 rings (SSSR count). The predicted octanol–water partition coefficient (Wildman–Crippen LogP) is 1.50. The van der Waals surface area contributed by atoms with Gasteiger partial charge in [-0.25, -0.2) is 15.0 Å². The highest BCUT2D eigenvalue weighted by atomic mass is 16.5. The molecule has 14 nitrogen and oxygen atoms in total. The van der Waals surface area contributed by atoms with Crippen molar-refractivity contribution < 1.29 is 34.8 Å². The SMILES string of the molecule is CCCCCCCCCCCC(=O)N[C@@H](CC(C)C)C(=O)N[C@@H]1[C@@H](O)[C@@H](O)[C@@H](Nc2ncnc3nc[nH]c23)O[C@H]1[C@@H](O)CO. The molecule has 2 amide bonds. The number of hydrogen-bond donors (Lipinski definition) is 8. The van der Waals surface area contributed by atoms with Crippen LogP contribution in [0.1, 0.15) is 91.4 Å². The number of unbranched alkanes of at least 4 members (excludes halogenated alkanes) is 8. The van der Waals surface area contributed by atoms with Crippen molar-refractivity contribution in [3.8, 4) is 0 Å². The number of H-pyrrole nitrogens is 1. The van der Waals surface area contributed by atoms with E-state index in [9.17, 15) is 30.0 Å². The molecule has 1 aliphatic rings. The van der Waals surface area contributed by atoms with Crippen LogP contribution in [-0.4, -0.2) is 102 Å². The molecule has 0 radical (unpaired) electrons. The minimum atomic E-state index is -1.60. The third-order valence-corrected chi connectivity index (χ3v) is 7.93. The van der Waals surface area contributed by atoms with Crippen molar-refractivity contribution in [2.24, 2.45) is 5.92 Å². The molecule has 1 aliphatic heterocycles. The lowest BCUT2D eigenvalue weighted by Gasteiger charge is -2.45. The first-order valence-electron chi connectivity index (χ1n) is 16.0. The second-order valence-electron chi connectivity index (χ2n) is 12.1. The number of aromatic amines is 1. The van der Waals surface area contributed by atoms with Crippen LogP contribution in [0.25, 0.3) is 11.2 Å². The van der Waals surface area contributed by atoms with Crippen molar-refractivity contribution in [3.05, 3.63) is 12.7 Å². The number of aromatic nitrogens is 4. The zero-order chi connectivity index (χ0) is 32.1. The zero-order valence-corrected chi connectivity index (χ0v) is 26.1. The van der Waals surface area contributed by atoms with Gasteiger partial charge in [0.05, 0.1) is 19.0 Å². The lowest BCUT2D eigenvalue weighted by atomic mass is 9.91. The van der Waals surface area contributed by atoms with Crippen molar-refractivity contribution in [2.75, 3.05) is 11.9 Å². The third kappa shape index (κ3) is 10.3. The minimum Gasteiger partial charge on any atom is -0.394 e. The maximum absolute atomic E-state index is 13.4. The molecule has 8 N–H and O–H groups in total. The third-order valence-electron chi connectivity index (χ3n) is 7.93. The normalized spacial score (nSPS) is 23.4. The summed E-state index contributed by atoms with van der Waals surface area (Å²) in [7, 11) is 0. The summed E-state index contributed by atoms with van der Waals surface area (Å²) in [5.74, 6) is -0.525. The Kier molecular flexibility index (Phi) is 14.7. The quantitative estimate of drug-likeness (QED) is 0.105. The molecule has 0 spiro atoms. The molecular formula is C30H51N7O7. The van der Waals surface area contributed by atoms with Crippen LogP contribution in [0.3, 0.4) is 0 Å². The topological polar surface area (TPSA) is 215 Å². The van der Waals surface area contributed by atoms with E-state index in [0.29, 0.717) is 24.0 Å². The maximum Gasteiger partial charge on any atom is 0.242 e. The number of fused-ring (bicyclic) bond motifs is 1. The van der Waals surface area contributed by atoms with Crippen LogP contribution in [0.15, 0.2) is 12.7 Å². The first-order chi connectivity index (χ1) is 21.2. The highest BCUT2D eigenvalue weighted by molar-refractivity contribution is 5.88. The van der Waals surface area contributed by atoms with Gasteiger partial charge in [0.25, 0.3) is 0 Å². The fourth-order valence-corrected chi connectivity index (χ4v) is 5.48. The molecule has 1 fully saturated rings. The van der Waals surface area contributed by atoms with E-state index in [0.717, 1.165) is 25.7 Å². The Labute approximate surface area is 258 Å². The van der Waals surface area contributed by atoms with E-state index in [1.165, 1.54) is 44.8 Å². The molecule has 0 saturated carbocycles. The van der Waals surface area contributed by atoms with Crippen LogP contribution in [0.5, 0.6) is 0 Å². The van der Waals surface area contributed by atoms with E-state index >= 15 is 0 Å². The van der Waals surface area contributed by atoms with Crippen molar-refractivity contribution in [1.29, 1.82) is 0 Å². The second kappa shape index (κ2) is 18.2. The number of carbonyl (C=O) groups is 2. The van der Waals surface area contributed by atoms with E-state index < -0.39 is 55.2 Å². The van der Waals surface area contributed by atoms with Crippen LogP contribution < -0.4 is 16.0 Å². The highest BCUT2D eigenvalue weighted by Crippen LogP contribution is 2.26. The number of aliphatic hydroxyl groups is 4. The first-order valence-corrected chi connectivity index (χ1v) is 16.0. The average molecular weight is 622 g/mol. The van der Waals surface area contributed by atoms with Gasteiger partial charge in [-0.15, -0.1) is 0 Å². The van der Waals surface area contributed by atoms with E-state index in [1.54, 1.807) is 0 Å². The summed E-state index contributed by atoms with van der Waals surface area (Å²) < 4.78 is 5.89. The van der Waals surface area contributed by atoms with E-state index in [2.05, 4.69) is 42.8 Å². The fourth-order valence-electron chi connectivity index (χ4n) is 5.48. The van der Waals surface area contributed by atoms with E-state index in [4.69, 9.17) is 4.74 Å². The van der Waals surface area contributed by atoms with Crippen LogP contribution in [0, 0.1) is 5.92 Å². The van der Waals surface area contributed by atoms with Gasteiger partial charge in [-0.2, -0.15) is 0 Å². The van der Waals surface area contributed by atoms with Crippen LogP contribution >= 0.6 is 0 Å². The number of rotatable bonds is 19. The fraction of sp³-hybridized carbons (Fsp3) is 0.767. The lowest BCUT2D eigenvalue weighted by molar-refractivity contribution is -0.204. The molecule has 3 heterocycles. The van der Waals surface area contributed by atoms with Gasteiger partial charge >= 0.3 is 0 Å². The van der Waals surface area contributed by atoms with Gasteiger partial charge < -0.3 is 46.1 Å². The number of nitrogens with one attached hydrogen (secondary N) is 4. The molecule has 0 aromatic carbocycles. The number of aliphatic hydroxyl groups excluding tert-OH is 4. The van der Waals surface area contributed by atoms with Crippen molar-refractivity contribution in [3.63, 3.8) is 0 Å². The van der Waals surface area contributed by atoms with Crippen molar-refractivity contribution in [2.45, 2.75) is 134 Å².